The Bertz CT molecular complexity index is 1130. The summed E-state index contributed by atoms with van der Waals surface area (Å²) in [6.45, 7) is 5.00. The van der Waals surface area contributed by atoms with E-state index in [0.29, 0.717) is 18.1 Å². The van der Waals surface area contributed by atoms with Crippen LogP contribution in [-0.2, 0) is 13.0 Å². The highest BCUT2D eigenvalue weighted by molar-refractivity contribution is 5.71. The fourth-order valence-electron chi connectivity index (χ4n) is 3.78. The number of benzene rings is 4. The van der Waals surface area contributed by atoms with Gasteiger partial charge in [-0.05, 0) is 58.4 Å². The highest BCUT2D eigenvalue weighted by Crippen LogP contribution is 2.30. The zero-order valence-corrected chi connectivity index (χ0v) is 18.7. The smallest absolute Gasteiger partial charge is 0.131 e. The number of halogens is 1. The molecule has 0 aliphatic carbocycles. The number of rotatable bonds is 8. The Morgan fingerprint density at radius 1 is 0.719 bits per heavy atom. The first-order valence-electron chi connectivity index (χ1n) is 11.3. The van der Waals surface area contributed by atoms with E-state index in [1.165, 1.54) is 12.0 Å². The Kier molecular flexibility index (Phi) is 7.01. The van der Waals surface area contributed by atoms with Crippen molar-refractivity contribution in [1.29, 1.82) is 0 Å². The maximum atomic E-state index is 15.0. The molecule has 162 valence electrons. The van der Waals surface area contributed by atoms with Crippen molar-refractivity contribution in [2.24, 2.45) is 5.92 Å². The second-order valence-corrected chi connectivity index (χ2v) is 8.41. The highest BCUT2D eigenvalue weighted by atomic mass is 19.1. The lowest BCUT2D eigenvalue weighted by atomic mass is 9.95. The molecule has 0 saturated carbocycles. The van der Waals surface area contributed by atoms with Crippen molar-refractivity contribution in [1.82, 2.24) is 0 Å². The van der Waals surface area contributed by atoms with Crippen LogP contribution in [0.3, 0.4) is 0 Å². The van der Waals surface area contributed by atoms with E-state index in [0.717, 1.165) is 34.4 Å². The molecule has 0 heterocycles. The van der Waals surface area contributed by atoms with Gasteiger partial charge < -0.3 is 4.74 Å². The predicted octanol–water partition coefficient (Wildman–Crippen LogP) is 8.33. The van der Waals surface area contributed by atoms with Crippen LogP contribution in [0.1, 0.15) is 31.4 Å². The SMILES string of the molecule is CC[C@H](C)Cc1ccc(-c2ccc(-c3ccc(OCc4ccccc4)cc3)c(F)c2)cc1. The average molecular weight is 425 g/mol. The monoisotopic (exact) mass is 424 g/mol. The van der Waals surface area contributed by atoms with Gasteiger partial charge in [-0.3, -0.25) is 0 Å². The quantitative estimate of drug-likeness (QED) is 0.276. The molecule has 0 aliphatic rings. The molecule has 32 heavy (non-hydrogen) atoms. The van der Waals surface area contributed by atoms with Crippen LogP contribution in [0.4, 0.5) is 4.39 Å². The maximum absolute atomic E-state index is 15.0. The van der Waals surface area contributed by atoms with Gasteiger partial charge in [0.15, 0.2) is 0 Å². The molecule has 1 atom stereocenters. The van der Waals surface area contributed by atoms with Crippen LogP contribution in [0, 0.1) is 11.7 Å². The molecule has 4 aromatic rings. The van der Waals surface area contributed by atoms with Gasteiger partial charge in [0.25, 0.3) is 0 Å². The second-order valence-electron chi connectivity index (χ2n) is 8.41. The van der Waals surface area contributed by atoms with Crippen LogP contribution >= 0.6 is 0 Å². The Balaban J connectivity index is 1.45. The van der Waals surface area contributed by atoms with Crippen LogP contribution < -0.4 is 4.74 Å². The van der Waals surface area contributed by atoms with E-state index >= 15 is 0 Å². The fourth-order valence-corrected chi connectivity index (χ4v) is 3.78. The largest absolute Gasteiger partial charge is 0.489 e. The first-order chi connectivity index (χ1) is 15.6. The molecule has 0 saturated heterocycles. The van der Waals surface area contributed by atoms with E-state index in [9.17, 15) is 4.39 Å². The fraction of sp³-hybridized carbons (Fsp3) is 0.200. The van der Waals surface area contributed by atoms with E-state index < -0.39 is 0 Å². The third-order valence-corrected chi connectivity index (χ3v) is 5.95. The highest BCUT2D eigenvalue weighted by Gasteiger charge is 2.09. The summed E-state index contributed by atoms with van der Waals surface area (Å²) >= 11 is 0. The molecule has 0 aromatic heterocycles. The lowest BCUT2D eigenvalue weighted by Crippen LogP contribution is -1.97. The summed E-state index contributed by atoms with van der Waals surface area (Å²) in [6.07, 6.45) is 2.25. The molecule has 0 radical (unpaired) electrons. The molecular weight excluding hydrogens is 395 g/mol. The Labute approximate surface area is 190 Å². The molecule has 2 heteroatoms. The Morgan fingerprint density at radius 2 is 1.38 bits per heavy atom. The zero-order valence-electron chi connectivity index (χ0n) is 18.7. The van der Waals surface area contributed by atoms with E-state index in [1.54, 1.807) is 6.07 Å². The van der Waals surface area contributed by atoms with Crippen molar-refractivity contribution in [2.75, 3.05) is 0 Å². The van der Waals surface area contributed by atoms with Crippen molar-refractivity contribution < 1.29 is 9.13 Å². The van der Waals surface area contributed by atoms with Crippen molar-refractivity contribution in [2.45, 2.75) is 33.3 Å². The van der Waals surface area contributed by atoms with Gasteiger partial charge in [0.1, 0.15) is 18.2 Å². The van der Waals surface area contributed by atoms with Gasteiger partial charge in [0.05, 0.1) is 0 Å². The zero-order chi connectivity index (χ0) is 22.3. The van der Waals surface area contributed by atoms with E-state index in [-0.39, 0.29) is 5.82 Å². The summed E-state index contributed by atoms with van der Waals surface area (Å²) in [7, 11) is 0. The van der Waals surface area contributed by atoms with E-state index in [2.05, 4.69) is 38.1 Å². The minimum absolute atomic E-state index is 0.218. The summed E-state index contributed by atoms with van der Waals surface area (Å²) in [5.41, 5.74) is 5.81. The average Bonchev–Trinajstić information content (AvgIpc) is 2.84. The summed E-state index contributed by atoms with van der Waals surface area (Å²) in [5.74, 6) is 1.23. The maximum Gasteiger partial charge on any atom is 0.131 e. The van der Waals surface area contributed by atoms with Crippen LogP contribution in [0.25, 0.3) is 22.3 Å². The van der Waals surface area contributed by atoms with Gasteiger partial charge in [0.2, 0.25) is 0 Å². The second kappa shape index (κ2) is 10.3. The molecular formula is C30H29FO. The van der Waals surface area contributed by atoms with Gasteiger partial charge in [0, 0.05) is 5.56 Å². The molecule has 0 spiro atoms. The summed E-state index contributed by atoms with van der Waals surface area (Å²) in [4.78, 5) is 0. The summed E-state index contributed by atoms with van der Waals surface area (Å²) in [5, 5.41) is 0. The standard InChI is InChI=1S/C30H29FO/c1-3-22(2)19-23-9-11-25(12-10-23)27-15-18-29(30(31)20-27)26-13-16-28(17-14-26)32-21-24-7-5-4-6-8-24/h4-18,20,22H,3,19,21H2,1-2H3/t22-/m0/s1. The third-order valence-electron chi connectivity index (χ3n) is 5.95. The molecule has 4 rings (SSSR count). The van der Waals surface area contributed by atoms with Gasteiger partial charge in [-0.25, -0.2) is 4.39 Å². The molecule has 0 aliphatic heterocycles. The van der Waals surface area contributed by atoms with E-state index in [1.807, 2.05) is 66.7 Å². The molecule has 0 bridgehead atoms. The van der Waals surface area contributed by atoms with E-state index in [4.69, 9.17) is 4.74 Å². The minimum atomic E-state index is -0.218. The molecule has 0 unspecified atom stereocenters. The van der Waals surface area contributed by atoms with Crippen LogP contribution in [-0.4, -0.2) is 0 Å². The number of hydrogen-bond acceptors (Lipinski definition) is 1. The van der Waals surface area contributed by atoms with Crippen molar-refractivity contribution >= 4 is 0 Å². The number of hydrogen-bond donors (Lipinski definition) is 0. The van der Waals surface area contributed by atoms with Gasteiger partial charge >= 0.3 is 0 Å². The summed E-state index contributed by atoms with van der Waals surface area (Å²) < 4.78 is 20.8. The lowest BCUT2D eigenvalue weighted by molar-refractivity contribution is 0.306. The molecule has 0 N–H and O–H groups in total. The topological polar surface area (TPSA) is 9.23 Å². The normalized spacial score (nSPS) is 11.8. The predicted molar refractivity (Wildman–Crippen MR) is 131 cm³/mol. The molecule has 4 aromatic carbocycles. The lowest BCUT2D eigenvalue weighted by Gasteiger charge is -2.11. The van der Waals surface area contributed by atoms with Crippen LogP contribution in [0.2, 0.25) is 0 Å². The molecule has 1 nitrogen and oxygen atoms in total. The van der Waals surface area contributed by atoms with Gasteiger partial charge in [-0.1, -0.05) is 99.1 Å². The summed E-state index contributed by atoms with van der Waals surface area (Å²) in [6, 6.07) is 31.6. The van der Waals surface area contributed by atoms with Crippen LogP contribution in [0.5, 0.6) is 5.75 Å². The first-order valence-corrected chi connectivity index (χ1v) is 11.3. The molecule has 0 fully saturated rings. The van der Waals surface area contributed by atoms with Gasteiger partial charge in [-0.2, -0.15) is 0 Å². The van der Waals surface area contributed by atoms with Gasteiger partial charge in [-0.15, -0.1) is 0 Å². The van der Waals surface area contributed by atoms with Crippen LogP contribution in [0.15, 0.2) is 97.1 Å². The molecule has 0 amide bonds. The minimum Gasteiger partial charge on any atom is -0.489 e. The van der Waals surface area contributed by atoms with Crippen molar-refractivity contribution in [3.8, 4) is 28.0 Å². The first kappa shape index (κ1) is 21.8. The van der Waals surface area contributed by atoms with Crippen molar-refractivity contribution in [3.05, 3.63) is 114 Å². The Hall–Kier alpha value is -3.39. The number of ether oxygens (including phenoxy) is 1. The third kappa shape index (κ3) is 5.45. The Morgan fingerprint density at radius 3 is 2.03 bits per heavy atom. The van der Waals surface area contributed by atoms with Crippen molar-refractivity contribution in [3.63, 3.8) is 0 Å².